The third-order valence-corrected chi connectivity index (χ3v) is 5.34. The predicted molar refractivity (Wildman–Crippen MR) is 114 cm³/mol. The van der Waals surface area contributed by atoms with Crippen LogP contribution < -0.4 is 14.5 Å². The molecule has 30 heavy (non-hydrogen) atoms. The van der Waals surface area contributed by atoms with Gasteiger partial charge in [0, 0.05) is 32.4 Å². The molecule has 0 atom stereocenters. The molecule has 5 rings (SSSR count). The first-order valence-electron chi connectivity index (χ1n) is 9.89. The van der Waals surface area contributed by atoms with E-state index in [-0.39, 0.29) is 0 Å². The summed E-state index contributed by atoms with van der Waals surface area (Å²) in [6.07, 6.45) is 5.18. The van der Waals surface area contributed by atoms with Crippen molar-refractivity contribution in [3.63, 3.8) is 0 Å². The fourth-order valence-electron chi connectivity index (χ4n) is 3.80. The highest BCUT2D eigenvalue weighted by Gasteiger charge is 2.22. The number of methoxy groups -OCH3 is 1. The summed E-state index contributed by atoms with van der Waals surface area (Å²) in [5, 5.41) is 13.7. The van der Waals surface area contributed by atoms with E-state index in [0.717, 1.165) is 60.2 Å². The van der Waals surface area contributed by atoms with E-state index in [9.17, 15) is 0 Å². The van der Waals surface area contributed by atoms with E-state index in [4.69, 9.17) is 4.74 Å². The number of benzene rings is 1. The molecular formula is C21H22N8O. The lowest BCUT2D eigenvalue weighted by Gasteiger charge is -2.35. The molecule has 0 N–H and O–H groups in total. The molecule has 0 aliphatic carbocycles. The molecule has 4 aromatic rings. The Morgan fingerprint density at radius 3 is 2.67 bits per heavy atom. The zero-order valence-corrected chi connectivity index (χ0v) is 16.7. The molecule has 1 saturated heterocycles. The van der Waals surface area contributed by atoms with Gasteiger partial charge in [-0.05, 0) is 29.8 Å². The zero-order valence-electron chi connectivity index (χ0n) is 16.7. The van der Waals surface area contributed by atoms with Gasteiger partial charge in [-0.3, -0.25) is 0 Å². The molecule has 0 radical (unpaired) electrons. The van der Waals surface area contributed by atoms with Crippen LogP contribution in [-0.4, -0.2) is 63.2 Å². The molecule has 3 aromatic heterocycles. The number of hydrogen-bond acceptors (Lipinski definition) is 8. The number of aromatic nitrogens is 6. The molecule has 0 unspecified atom stereocenters. The number of nitrogens with zero attached hydrogens (tertiary/aromatic N) is 8. The summed E-state index contributed by atoms with van der Waals surface area (Å²) in [5.41, 5.74) is 1.94. The van der Waals surface area contributed by atoms with Crippen molar-refractivity contribution in [2.24, 2.45) is 0 Å². The number of anilines is 2. The monoisotopic (exact) mass is 402 g/mol. The van der Waals surface area contributed by atoms with E-state index in [1.165, 1.54) is 0 Å². The first-order valence-corrected chi connectivity index (χ1v) is 9.89. The number of fused-ring (bicyclic) bond motifs is 1. The average Bonchev–Trinajstić information content (AvgIpc) is 3.23. The zero-order chi connectivity index (χ0) is 20.3. The summed E-state index contributed by atoms with van der Waals surface area (Å²) in [6.45, 7) is 4.05. The number of rotatable bonds is 5. The second-order valence-corrected chi connectivity index (χ2v) is 7.14. The Morgan fingerprint density at radius 1 is 1.00 bits per heavy atom. The molecule has 1 aliphatic heterocycles. The van der Waals surface area contributed by atoms with Crippen molar-refractivity contribution >= 4 is 22.7 Å². The van der Waals surface area contributed by atoms with Crippen LogP contribution in [0.5, 0.6) is 5.75 Å². The Balaban J connectivity index is 1.36. The first-order chi connectivity index (χ1) is 14.8. The molecule has 0 amide bonds. The maximum Gasteiger partial charge on any atom is 0.163 e. The van der Waals surface area contributed by atoms with Crippen LogP contribution in [0.4, 0.5) is 11.6 Å². The smallest absolute Gasteiger partial charge is 0.163 e. The lowest BCUT2D eigenvalue weighted by molar-refractivity contribution is 0.414. The minimum absolute atomic E-state index is 0.623. The second kappa shape index (κ2) is 7.94. The molecule has 4 heterocycles. The van der Waals surface area contributed by atoms with Gasteiger partial charge >= 0.3 is 0 Å². The van der Waals surface area contributed by atoms with Crippen LogP contribution in [0.15, 0.2) is 55.1 Å². The minimum Gasteiger partial charge on any atom is -0.497 e. The highest BCUT2D eigenvalue weighted by Crippen LogP contribution is 2.25. The van der Waals surface area contributed by atoms with Gasteiger partial charge in [0.15, 0.2) is 11.5 Å². The maximum atomic E-state index is 5.33. The summed E-state index contributed by atoms with van der Waals surface area (Å²) in [6, 6.07) is 11.9. The van der Waals surface area contributed by atoms with E-state index in [0.29, 0.717) is 6.54 Å². The van der Waals surface area contributed by atoms with Gasteiger partial charge in [-0.15, -0.1) is 5.10 Å². The van der Waals surface area contributed by atoms with Crippen molar-refractivity contribution in [3.05, 3.63) is 60.7 Å². The van der Waals surface area contributed by atoms with Crippen molar-refractivity contribution in [3.8, 4) is 5.75 Å². The molecule has 9 heteroatoms. The molecule has 0 bridgehead atoms. The molecular weight excluding hydrogens is 380 g/mol. The standard InChI is InChI=1S/C21H22N8O/c1-30-17-5-2-4-16(12-17)14-29-21-18(13-25-29)20(22-15-23-21)28-10-8-27(9-11-28)19-6-3-7-24-26-19/h2-7,12-13,15H,8-11,14H2,1H3. The third kappa shape index (κ3) is 3.49. The van der Waals surface area contributed by atoms with Crippen LogP contribution in [0.1, 0.15) is 5.56 Å². The van der Waals surface area contributed by atoms with Crippen molar-refractivity contribution in [2.75, 3.05) is 43.1 Å². The van der Waals surface area contributed by atoms with Gasteiger partial charge in [-0.25, -0.2) is 14.6 Å². The van der Waals surface area contributed by atoms with Crippen molar-refractivity contribution < 1.29 is 4.74 Å². The maximum absolute atomic E-state index is 5.33. The van der Waals surface area contributed by atoms with Crippen LogP contribution >= 0.6 is 0 Å². The summed E-state index contributed by atoms with van der Waals surface area (Å²) in [4.78, 5) is 13.6. The van der Waals surface area contributed by atoms with Crippen molar-refractivity contribution in [1.29, 1.82) is 0 Å². The fourth-order valence-corrected chi connectivity index (χ4v) is 3.80. The molecule has 1 aromatic carbocycles. The topological polar surface area (TPSA) is 85.1 Å². The lowest BCUT2D eigenvalue weighted by atomic mass is 10.2. The fraction of sp³-hybridized carbons (Fsp3) is 0.286. The molecule has 1 aliphatic rings. The molecule has 0 spiro atoms. The van der Waals surface area contributed by atoms with E-state index in [2.05, 4.69) is 41.1 Å². The largest absolute Gasteiger partial charge is 0.497 e. The van der Waals surface area contributed by atoms with Crippen LogP contribution in [-0.2, 0) is 6.54 Å². The minimum atomic E-state index is 0.623. The normalized spacial score (nSPS) is 14.3. The Bertz CT molecular complexity index is 1140. The summed E-state index contributed by atoms with van der Waals surface area (Å²) < 4.78 is 7.23. The van der Waals surface area contributed by atoms with Crippen molar-refractivity contribution in [2.45, 2.75) is 6.54 Å². The van der Waals surface area contributed by atoms with Crippen LogP contribution in [0.25, 0.3) is 11.0 Å². The molecule has 9 nitrogen and oxygen atoms in total. The van der Waals surface area contributed by atoms with Gasteiger partial charge in [0.25, 0.3) is 0 Å². The van der Waals surface area contributed by atoms with E-state index < -0.39 is 0 Å². The van der Waals surface area contributed by atoms with Gasteiger partial charge in [0.05, 0.1) is 25.2 Å². The van der Waals surface area contributed by atoms with Gasteiger partial charge in [0.2, 0.25) is 0 Å². The molecule has 152 valence electrons. The molecule has 1 fully saturated rings. The van der Waals surface area contributed by atoms with Gasteiger partial charge in [-0.1, -0.05) is 12.1 Å². The highest BCUT2D eigenvalue weighted by atomic mass is 16.5. The number of piperazine rings is 1. The van der Waals surface area contributed by atoms with E-state index in [1.807, 2.05) is 41.2 Å². The summed E-state index contributed by atoms with van der Waals surface area (Å²) in [7, 11) is 1.67. The summed E-state index contributed by atoms with van der Waals surface area (Å²) >= 11 is 0. The van der Waals surface area contributed by atoms with Gasteiger partial charge < -0.3 is 14.5 Å². The van der Waals surface area contributed by atoms with E-state index >= 15 is 0 Å². The SMILES string of the molecule is COc1cccc(Cn2ncc3c(N4CCN(c5cccnn5)CC4)ncnc32)c1. The number of hydrogen-bond donors (Lipinski definition) is 0. The van der Waals surface area contributed by atoms with Gasteiger partial charge in [-0.2, -0.15) is 10.2 Å². The first kappa shape index (κ1) is 18.3. The quantitative estimate of drug-likeness (QED) is 0.501. The van der Waals surface area contributed by atoms with Crippen LogP contribution in [0.2, 0.25) is 0 Å². The predicted octanol–water partition coefficient (Wildman–Crippen LogP) is 2.00. The highest BCUT2D eigenvalue weighted by molar-refractivity contribution is 5.86. The summed E-state index contributed by atoms with van der Waals surface area (Å²) in [5.74, 6) is 2.67. The third-order valence-electron chi connectivity index (χ3n) is 5.34. The van der Waals surface area contributed by atoms with Crippen LogP contribution in [0.3, 0.4) is 0 Å². The molecule has 0 saturated carbocycles. The van der Waals surface area contributed by atoms with E-state index in [1.54, 1.807) is 19.6 Å². The van der Waals surface area contributed by atoms with Gasteiger partial charge in [0.1, 0.15) is 17.9 Å². The lowest BCUT2D eigenvalue weighted by Crippen LogP contribution is -2.47. The number of ether oxygens (including phenoxy) is 1. The Kier molecular flexibility index (Phi) is 4.84. The second-order valence-electron chi connectivity index (χ2n) is 7.14. The van der Waals surface area contributed by atoms with Crippen LogP contribution in [0, 0.1) is 0 Å². The average molecular weight is 402 g/mol. The Labute approximate surface area is 173 Å². The Hall–Kier alpha value is -3.75. The Morgan fingerprint density at radius 2 is 1.87 bits per heavy atom. The van der Waals surface area contributed by atoms with Crippen molar-refractivity contribution in [1.82, 2.24) is 29.9 Å².